The number of nitrogens with one attached hydrogen (secondary N) is 1. The van der Waals surface area contributed by atoms with E-state index < -0.39 is 0 Å². The van der Waals surface area contributed by atoms with Crippen molar-refractivity contribution in [3.05, 3.63) is 23.9 Å². The Bertz CT molecular complexity index is 364. The largest absolute Gasteiger partial charge is 0.478 e. The van der Waals surface area contributed by atoms with Crippen LogP contribution in [0.15, 0.2) is 18.3 Å². The summed E-state index contributed by atoms with van der Waals surface area (Å²) in [6, 6.07) is 4.41. The Labute approximate surface area is 136 Å². The Morgan fingerprint density at radius 2 is 1.68 bits per heavy atom. The molecule has 0 spiro atoms. The summed E-state index contributed by atoms with van der Waals surface area (Å²) < 4.78 is 5.37. The minimum Gasteiger partial charge on any atom is -0.478 e. The first kappa shape index (κ1) is 19.0. The molecule has 0 amide bonds. The lowest BCUT2D eigenvalue weighted by Gasteiger charge is -2.14. The zero-order chi connectivity index (χ0) is 16.0. The summed E-state index contributed by atoms with van der Waals surface area (Å²) in [5.41, 5.74) is 1.23. The van der Waals surface area contributed by atoms with Gasteiger partial charge in [-0.15, -0.1) is 0 Å². The highest BCUT2D eigenvalue weighted by atomic mass is 16.5. The van der Waals surface area contributed by atoms with E-state index in [0.29, 0.717) is 18.5 Å². The quantitative estimate of drug-likeness (QED) is 0.504. The van der Waals surface area contributed by atoms with Gasteiger partial charge in [0.05, 0.1) is 6.61 Å². The highest BCUT2D eigenvalue weighted by Crippen LogP contribution is 2.15. The summed E-state index contributed by atoms with van der Waals surface area (Å²) in [5, 5.41) is 3.58. The molecule has 0 aliphatic rings. The third-order valence-corrected chi connectivity index (χ3v) is 4.03. The Hall–Kier alpha value is -1.09. The van der Waals surface area contributed by atoms with Gasteiger partial charge >= 0.3 is 0 Å². The van der Waals surface area contributed by atoms with Gasteiger partial charge in [0.2, 0.25) is 5.88 Å². The van der Waals surface area contributed by atoms with Gasteiger partial charge in [0.15, 0.2) is 0 Å². The van der Waals surface area contributed by atoms with Crippen LogP contribution in [0.3, 0.4) is 0 Å². The van der Waals surface area contributed by atoms with Crippen LogP contribution in [0.25, 0.3) is 0 Å². The van der Waals surface area contributed by atoms with Gasteiger partial charge in [-0.1, -0.05) is 57.9 Å². The van der Waals surface area contributed by atoms with E-state index in [0.717, 1.165) is 6.54 Å². The van der Waals surface area contributed by atoms with Gasteiger partial charge in [-0.25, -0.2) is 4.98 Å². The predicted octanol–water partition coefficient (Wildman–Crippen LogP) is 5.27. The Morgan fingerprint density at radius 1 is 1.00 bits per heavy atom. The lowest BCUT2D eigenvalue weighted by molar-refractivity contribution is 0.326. The van der Waals surface area contributed by atoms with Crippen LogP contribution in [0.4, 0.5) is 0 Å². The molecule has 1 rings (SSSR count). The number of unbranched alkanes of at least 4 members (excludes halogenated alkanes) is 7. The maximum absolute atomic E-state index is 5.37. The van der Waals surface area contributed by atoms with E-state index in [1.165, 1.54) is 56.9 Å². The summed E-state index contributed by atoms with van der Waals surface area (Å²) in [6.07, 6.45) is 12.9. The molecule has 0 aliphatic carbocycles. The Balaban J connectivity index is 2.06. The van der Waals surface area contributed by atoms with E-state index in [1.807, 2.05) is 19.2 Å². The van der Waals surface area contributed by atoms with Crippen molar-refractivity contribution in [1.29, 1.82) is 0 Å². The van der Waals surface area contributed by atoms with Crippen LogP contribution in [0.5, 0.6) is 5.88 Å². The van der Waals surface area contributed by atoms with E-state index in [2.05, 4.69) is 30.2 Å². The summed E-state index contributed by atoms with van der Waals surface area (Å²) in [6.45, 7) is 8.19. The van der Waals surface area contributed by atoms with Crippen molar-refractivity contribution in [3.63, 3.8) is 0 Å². The van der Waals surface area contributed by atoms with Gasteiger partial charge in [0, 0.05) is 18.3 Å². The number of ether oxygens (including phenoxy) is 1. The van der Waals surface area contributed by atoms with E-state index >= 15 is 0 Å². The Morgan fingerprint density at radius 3 is 2.27 bits per heavy atom. The first-order valence-electron chi connectivity index (χ1n) is 9.10. The third kappa shape index (κ3) is 8.38. The van der Waals surface area contributed by atoms with Crippen LogP contribution in [0.1, 0.15) is 83.7 Å². The topological polar surface area (TPSA) is 34.1 Å². The summed E-state index contributed by atoms with van der Waals surface area (Å²) in [5.74, 6) is 0.710. The molecule has 3 nitrogen and oxygen atoms in total. The molecule has 0 unspecified atom stereocenters. The molecule has 1 aromatic rings. The van der Waals surface area contributed by atoms with Crippen LogP contribution in [0, 0.1) is 0 Å². The van der Waals surface area contributed by atoms with Crippen molar-refractivity contribution < 1.29 is 4.74 Å². The van der Waals surface area contributed by atoms with Crippen LogP contribution < -0.4 is 10.1 Å². The highest BCUT2D eigenvalue weighted by Gasteiger charge is 2.05. The molecule has 0 radical (unpaired) electrons. The molecule has 126 valence electrons. The number of hydrogen-bond donors (Lipinski definition) is 1. The number of hydrogen-bond acceptors (Lipinski definition) is 3. The van der Waals surface area contributed by atoms with Gasteiger partial charge in [-0.2, -0.15) is 0 Å². The lowest BCUT2D eigenvalue weighted by Crippen LogP contribution is -2.20. The van der Waals surface area contributed by atoms with Crippen LogP contribution in [-0.4, -0.2) is 18.1 Å². The molecule has 3 heteroatoms. The first-order chi connectivity index (χ1) is 10.8. The summed E-state index contributed by atoms with van der Waals surface area (Å²) in [7, 11) is 0. The van der Waals surface area contributed by atoms with Crippen molar-refractivity contribution >= 4 is 0 Å². The smallest absolute Gasteiger partial charge is 0.213 e. The molecule has 0 aliphatic heterocycles. The molecular weight excluding hydrogens is 272 g/mol. The molecule has 0 aromatic carbocycles. The zero-order valence-electron chi connectivity index (χ0n) is 14.7. The number of pyridine rings is 1. The van der Waals surface area contributed by atoms with Gasteiger partial charge in [0.1, 0.15) is 0 Å². The first-order valence-corrected chi connectivity index (χ1v) is 9.10. The summed E-state index contributed by atoms with van der Waals surface area (Å²) >= 11 is 0. The number of rotatable bonds is 13. The van der Waals surface area contributed by atoms with Crippen LogP contribution in [0.2, 0.25) is 0 Å². The van der Waals surface area contributed by atoms with E-state index in [4.69, 9.17) is 4.74 Å². The molecule has 1 heterocycles. The molecule has 0 saturated carbocycles. The minimum absolute atomic E-state index is 0.354. The van der Waals surface area contributed by atoms with Gasteiger partial charge in [-0.3, -0.25) is 0 Å². The van der Waals surface area contributed by atoms with E-state index in [1.54, 1.807) is 0 Å². The van der Waals surface area contributed by atoms with Crippen molar-refractivity contribution in [1.82, 2.24) is 10.3 Å². The van der Waals surface area contributed by atoms with Crippen LogP contribution >= 0.6 is 0 Å². The molecule has 0 fully saturated rings. The molecular formula is C19H34N2O. The monoisotopic (exact) mass is 306 g/mol. The standard InChI is InChI=1S/C19H34N2O/c1-4-6-7-8-9-10-11-12-15-20-17(3)18-13-14-19(21-16-18)22-5-2/h13-14,16-17,20H,4-12,15H2,1-3H3/t17-/m0/s1. The third-order valence-electron chi connectivity index (χ3n) is 4.03. The molecule has 1 N–H and O–H groups in total. The maximum atomic E-state index is 5.37. The second kappa shape index (κ2) is 12.5. The predicted molar refractivity (Wildman–Crippen MR) is 94.4 cm³/mol. The minimum atomic E-state index is 0.354. The fraction of sp³-hybridized carbons (Fsp3) is 0.737. The highest BCUT2D eigenvalue weighted by molar-refractivity contribution is 5.20. The molecule has 0 bridgehead atoms. The van der Waals surface area contributed by atoms with Crippen molar-refractivity contribution in [2.24, 2.45) is 0 Å². The fourth-order valence-electron chi connectivity index (χ4n) is 2.58. The number of aromatic nitrogens is 1. The fourth-order valence-corrected chi connectivity index (χ4v) is 2.58. The van der Waals surface area contributed by atoms with Crippen molar-refractivity contribution in [3.8, 4) is 5.88 Å². The Kier molecular flexibility index (Phi) is 10.7. The van der Waals surface area contributed by atoms with Gasteiger partial charge in [0.25, 0.3) is 0 Å². The van der Waals surface area contributed by atoms with E-state index in [9.17, 15) is 0 Å². The molecule has 1 atom stereocenters. The zero-order valence-corrected chi connectivity index (χ0v) is 14.7. The second-order valence-electron chi connectivity index (χ2n) is 6.01. The molecule has 1 aromatic heterocycles. The van der Waals surface area contributed by atoms with Gasteiger partial charge < -0.3 is 10.1 Å². The lowest BCUT2D eigenvalue weighted by atomic mass is 10.1. The SMILES string of the molecule is CCCCCCCCCCN[C@@H](C)c1ccc(OCC)nc1. The van der Waals surface area contributed by atoms with E-state index in [-0.39, 0.29) is 0 Å². The molecule has 0 saturated heterocycles. The number of nitrogens with zero attached hydrogens (tertiary/aromatic N) is 1. The van der Waals surface area contributed by atoms with Crippen molar-refractivity contribution in [2.45, 2.75) is 78.2 Å². The maximum Gasteiger partial charge on any atom is 0.213 e. The average molecular weight is 306 g/mol. The second-order valence-corrected chi connectivity index (χ2v) is 6.01. The van der Waals surface area contributed by atoms with Crippen molar-refractivity contribution in [2.75, 3.05) is 13.2 Å². The van der Waals surface area contributed by atoms with Crippen LogP contribution in [-0.2, 0) is 0 Å². The van der Waals surface area contributed by atoms with Gasteiger partial charge in [-0.05, 0) is 32.4 Å². The summed E-state index contributed by atoms with van der Waals surface area (Å²) in [4.78, 5) is 4.32. The normalized spacial score (nSPS) is 12.3. The molecule has 22 heavy (non-hydrogen) atoms. The average Bonchev–Trinajstić information content (AvgIpc) is 2.54.